The summed E-state index contributed by atoms with van der Waals surface area (Å²) in [7, 11) is -3.77. The minimum atomic E-state index is -3.77. The van der Waals surface area contributed by atoms with Gasteiger partial charge in [-0.1, -0.05) is 12.1 Å². The van der Waals surface area contributed by atoms with Crippen LogP contribution < -0.4 is 5.32 Å². The molecule has 5 fully saturated rings. The zero-order chi connectivity index (χ0) is 21.8. The Hall–Kier alpha value is -1.97. The summed E-state index contributed by atoms with van der Waals surface area (Å²) in [6, 6.07) is 7.07. The minimum absolute atomic E-state index is 0.0399. The molecule has 168 valence electrons. The highest BCUT2D eigenvalue weighted by Gasteiger charge is 2.51. The third-order valence-corrected chi connectivity index (χ3v) is 9.48. The van der Waals surface area contributed by atoms with Gasteiger partial charge in [-0.15, -0.1) is 0 Å². The third kappa shape index (κ3) is 3.99. The topological polar surface area (TPSA) is 107 Å². The lowest BCUT2D eigenvalue weighted by Crippen LogP contribution is -2.59. The predicted molar refractivity (Wildman–Crippen MR) is 113 cm³/mol. The van der Waals surface area contributed by atoms with Crippen LogP contribution in [0.3, 0.4) is 0 Å². The number of benzene rings is 1. The second kappa shape index (κ2) is 7.56. The van der Waals surface area contributed by atoms with Crippen LogP contribution in [0.1, 0.15) is 54.4 Å². The lowest BCUT2D eigenvalue weighted by Gasteiger charge is -2.56. The van der Waals surface area contributed by atoms with Crippen molar-refractivity contribution in [1.82, 2.24) is 13.9 Å². The molecule has 0 radical (unpaired) electrons. The van der Waals surface area contributed by atoms with E-state index in [0.29, 0.717) is 5.56 Å². The average molecular weight is 448 g/mol. The van der Waals surface area contributed by atoms with Crippen molar-refractivity contribution in [3.8, 4) is 0 Å². The van der Waals surface area contributed by atoms with E-state index in [0.717, 1.165) is 46.9 Å². The molecule has 0 spiro atoms. The van der Waals surface area contributed by atoms with Crippen LogP contribution in [0.4, 0.5) is 0 Å². The van der Waals surface area contributed by atoms with E-state index in [1.807, 2.05) is 0 Å². The summed E-state index contributed by atoms with van der Waals surface area (Å²) < 4.78 is 27.2. The molecule has 1 aromatic carbocycles. The molecule has 1 aromatic rings. The lowest BCUT2D eigenvalue weighted by atomic mass is 9.53. The second-order valence-electron chi connectivity index (χ2n) is 9.92. The summed E-state index contributed by atoms with van der Waals surface area (Å²) in [6.45, 7) is 0.0572. The van der Waals surface area contributed by atoms with Gasteiger partial charge in [-0.3, -0.25) is 9.59 Å². The van der Waals surface area contributed by atoms with Gasteiger partial charge in [-0.2, -0.15) is 17.0 Å². The Kier molecular flexibility index (Phi) is 5.10. The fraction of sp³-hybridized carbons (Fsp3) is 0.636. The zero-order valence-electron chi connectivity index (χ0n) is 17.5. The quantitative estimate of drug-likeness (QED) is 0.692. The van der Waals surface area contributed by atoms with Gasteiger partial charge in [0.1, 0.15) is 6.54 Å². The van der Waals surface area contributed by atoms with Gasteiger partial charge in [0.25, 0.3) is 16.1 Å². The number of aliphatic carboxylic acids is 1. The maximum Gasteiger partial charge on any atom is 0.318 e. The molecule has 5 aliphatic rings. The Morgan fingerprint density at radius 2 is 1.52 bits per heavy atom. The first-order valence-electron chi connectivity index (χ1n) is 11.1. The number of hydrogen-bond donors (Lipinski definition) is 2. The van der Waals surface area contributed by atoms with E-state index in [9.17, 15) is 18.0 Å². The molecule has 9 heteroatoms. The van der Waals surface area contributed by atoms with Crippen LogP contribution >= 0.6 is 0 Å². The predicted octanol–water partition coefficient (Wildman–Crippen LogP) is 1.83. The molecule has 0 aromatic heterocycles. The lowest BCUT2D eigenvalue weighted by molar-refractivity contribution is -0.137. The van der Waals surface area contributed by atoms with Crippen LogP contribution in [0.5, 0.6) is 0 Å². The van der Waals surface area contributed by atoms with E-state index >= 15 is 0 Å². The molecule has 2 N–H and O–H groups in total. The molecule has 1 aliphatic heterocycles. The molecule has 0 unspecified atom stereocenters. The summed E-state index contributed by atoms with van der Waals surface area (Å²) in [4.78, 5) is 23.8. The molecular weight excluding hydrogens is 418 g/mol. The Morgan fingerprint density at radius 1 is 0.968 bits per heavy atom. The van der Waals surface area contributed by atoms with Crippen molar-refractivity contribution in [2.24, 2.45) is 17.8 Å². The first kappa shape index (κ1) is 20.9. The van der Waals surface area contributed by atoms with E-state index in [-0.39, 0.29) is 31.1 Å². The molecule has 4 aliphatic carbocycles. The van der Waals surface area contributed by atoms with Gasteiger partial charge < -0.3 is 10.4 Å². The van der Waals surface area contributed by atoms with Crippen molar-refractivity contribution < 1.29 is 23.1 Å². The summed E-state index contributed by atoms with van der Waals surface area (Å²) in [5, 5.41) is 12.3. The number of hydrogen-bond acceptors (Lipinski definition) is 4. The number of amides is 1. The van der Waals surface area contributed by atoms with Gasteiger partial charge in [0.15, 0.2) is 0 Å². The van der Waals surface area contributed by atoms with Gasteiger partial charge in [0, 0.05) is 30.7 Å². The Labute approximate surface area is 182 Å². The van der Waals surface area contributed by atoms with Crippen LogP contribution in [0.25, 0.3) is 0 Å². The van der Waals surface area contributed by atoms with Crippen molar-refractivity contribution in [3.05, 3.63) is 35.4 Å². The van der Waals surface area contributed by atoms with Crippen LogP contribution in [0.2, 0.25) is 0 Å². The average Bonchev–Trinajstić information content (AvgIpc) is 2.94. The van der Waals surface area contributed by atoms with Crippen LogP contribution in [-0.2, 0) is 21.5 Å². The Bertz CT molecular complexity index is 956. The van der Waals surface area contributed by atoms with Gasteiger partial charge >= 0.3 is 5.97 Å². The highest BCUT2D eigenvalue weighted by Crippen LogP contribution is 2.55. The van der Waals surface area contributed by atoms with Crippen molar-refractivity contribution >= 4 is 22.1 Å². The molecule has 1 heterocycles. The first-order chi connectivity index (χ1) is 14.7. The van der Waals surface area contributed by atoms with E-state index in [1.165, 1.54) is 23.6 Å². The molecule has 1 amide bonds. The van der Waals surface area contributed by atoms with Gasteiger partial charge in [-0.05, 0) is 74.0 Å². The highest BCUT2D eigenvalue weighted by atomic mass is 32.2. The molecule has 4 bridgehead atoms. The van der Waals surface area contributed by atoms with E-state index in [4.69, 9.17) is 5.11 Å². The molecule has 6 rings (SSSR count). The maximum absolute atomic E-state index is 13.0. The van der Waals surface area contributed by atoms with Crippen molar-refractivity contribution in [3.63, 3.8) is 0 Å². The minimum Gasteiger partial charge on any atom is -0.480 e. The van der Waals surface area contributed by atoms with Gasteiger partial charge in [0.05, 0.1) is 0 Å². The SMILES string of the molecule is O=C(O)CN1CCN(Cc2ccc(C(=O)NC34CC5CC(CC(C5)C3)C4)cc2)S1(=O)=O. The fourth-order valence-corrected chi connectivity index (χ4v) is 8.17. The summed E-state index contributed by atoms with van der Waals surface area (Å²) in [6.07, 6.45) is 7.28. The molecule has 31 heavy (non-hydrogen) atoms. The number of carbonyl (C=O) groups is 2. The van der Waals surface area contributed by atoms with Crippen LogP contribution in [0.15, 0.2) is 24.3 Å². The van der Waals surface area contributed by atoms with Gasteiger partial charge in [-0.25, -0.2) is 0 Å². The highest BCUT2D eigenvalue weighted by molar-refractivity contribution is 7.87. The van der Waals surface area contributed by atoms with Crippen LogP contribution in [0, 0.1) is 17.8 Å². The fourth-order valence-electron chi connectivity index (χ4n) is 6.63. The molecule has 1 saturated heterocycles. The van der Waals surface area contributed by atoms with Crippen LogP contribution in [-0.4, -0.2) is 59.2 Å². The summed E-state index contributed by atoms with van der Waals surface area (Å²) >= 11 is 0. The Balaban J connectivity index is 1.22. The number of nitrogens with zero attached hydrogens (tertiary/aromatic N) is 2. The largest absolute Gasteiger partial charge is 0.480 e. The zero-order valence-corrected chi connectivity index (χ0v) is 18.3. The van der Waals surface area contributed by atoms with E-state index in [2.05, 4.69) is 5.32 Å². The Morgan fingerprint density at radius 3 is 2.06 bits per heavy atom. The monoisotopic (exact) mass is 447 g/mol. The van der Waals surface area contributed by atoms with Crippen molar-refractivity contribution in [2.75, 3.05) is 19.6 Å². The number of carboxylic acid groups (broad SMARTS) is 1. The molecule has 0 atom stereocenters. The second-order valence-corrected chi connectivity index (χ2v) is 11.8. The maximum atomic E-state index is 13.0. The molecule has 8 nitrogen and oxygen atoms in total. The molecular formula is C22H29N3O5S. The smallest absolute Gasteiger partial charge is 0.318 e. The number of nitrogens with one attached hydrogen (secondary N) is 1. The van der Waals surface area contributed by atoms with Crippen molar-refractivity contribution in [1.29, 1.82) is 0 Å². The van der Waals surface area contributed by atoms with Crippen molar-refractivity contribution in [2.45, 2.75) is 50.6 Å². The summed E-state index contributed by atoms with van der Waals surface area (Å²) in [5.41, 5.74) is 1.32. The number of rotatable bonds is 6. The first-order valence-corrected chi connectivity index (χ1v) is 12.5. The number of carboxylic acids is 1. The van der Waals surface area contributed by atoms with E-state index < -0.39 is 22.7 Å². The number of carbonyl (C=O) groups excluding carboxylic acids is 1. The van der Waals surface area contributed by atoms with E-state index in [1.54, 1.807) is 24.3 Å². The third-order valence-electron chi connectivity index (χ3n) is 7.55. The standard InChI is InChI=1S/C22H29N3O5S/c26-20(27)14-25-6-5-24(31(25,29)30)13-15-1-3-19(4-2-15)21(28)23-22-10-16-7-17(11-22)9-18(8-16)12-22/h1-4,16-18H,5-14H2,(H,23,28)(H,26,27). The van der Waals surface area contributed by atoms with Gasteiger partial charge in [0.2, 0.25) is 0 Å². The summed E-state index contributed by atoms with van der Waals surface area (Å²) in [5.74, 6) is 1.07. The molecule has 4 saturated carbocycles. The normalized spacial score (nSPS) is 34.1.